The molecule has 1 aliphatic heterocycles. The third-order valence-electron chi connectivity index (χ3n) is 4.28. The van der Waals surface area contributed by atoms with Gasteiger partial charge in [-0.2, -0.15) is 0 Å². The molecular formula is C15H20N4O3. The zero-order valence-corrected chi connectivity index (χ0v) is 12.5. The zero-order chi connectivity index (χ0) is 15.7. The van der Waals surface area contributed by atoms with E-state index in [1.807, 2.05) is 24.3 Å². The first-order valence-corrected chi connectivity index (χ1v) is 7.43. The van der Waals surface area contributed by atoms with Crippen LogP contribution in [0.25, 0.3) is 11.0 Å². The first-order valence-electron chi connectivity index (χ1n) is 7.43. The van der Waals surface area contributed by atoms with Crippen LogP contribution in [0.4, 0.5) is 4.79 Å². The van der Waals surface area contributed by atoms with Crippen molar-refractivity contribution in [1.82, 2.24) is 19.4 Å². The number of carbonyl (C=O) groups is 1. The summed E-state index contributed by atoms with van der Waals surface area (Å²) in [7, 11) is 1.77. The van der Waals surface area contributed by atoms with Gasteiger partial charge in [-0.15, -0.1) is 0 Å². The number of para-hydroxylation sites is 2. The van der Waals surface area contributed by atoms with Gasteiger partial charge in [0.05, 0.1) is 11.0 Å². The van der Waals surface area contributed by atoms with Crippen molar-refractivity contribution >= 4 is 17.1 Å². The fourth-order valence-corrected chi connectivity index (χ4v) is 3.06. The lowest BCUT2D eigenvalue weighted by atomic mass is 10.1. The second-order valence-corrected chi connectivity index (χ2v) is 5.65. The van der Waals surface area contributed by atoms with E-state index in [0.717, 1.165) is 17.5 Å². The fraction of sp³-hybridized carbons (Fsp3) is 0.467. The van der Waals surface area contributed by atoms with Crippen molar-refractivity contribution in [2.24, 2.45) is 7.05 Å². The van der Waals surface area contributed by atoms with E-state index in [4.69, 9.17) is 5.11 Å². The number of hydrogen-bond acceptors (Lipinski definition) is 3. The lowest BCUT2D eigenvalue weighted by Crippen LogP contribution is -2.52. The first-order chi connectivity index (χ1) is 10.6. The van der Waals surface area contributed by atoms with Crippen LogP contribution >= 0.6 is 0 Å². The Morgan fingerprint density at radius 2 is 2.09 bits per heavy atom. The Morgan fingerprint density at radius 3 is 2.82 bits per heavy atom. The second-order valence-electron chi connectivity index (χ2n) is 5.65. The van der Waals surface area contributed by atoms with Gasteiger partial charge < -0.3 is 15.3 Å². The molecule has 0 aliphatic carbocycles. The third-order valence-corrected chi connectivity index (χ3v) is 4.28. The fourth-order valence-electron chi connectivity index (χ4n) is 3.06. The summed E-state index contributed by atoms with van der Waals surface area (Å²) < 4.78 is 3.41. The van der Waals surface area contributed by atoms with Crippen LogP contribution in [0.1, 0.15) is 6.42 Å². The van der Waals surface area contributed by atoms with Gasteiger partial charge in [-0.1, -0.05) is 12.1 Å². The largest absolute Gasteiger partial charge is 0.465 e. The number of carboxylic acid groups (broad SMARTS) is 1. The predicted octanol–water partition coefficient (Wildman–Crippen LogP) is 0.682. The van der Waals surface area contributed by atoms with Crippen molar-refractivity contribution < 1.29 is 9.90 Å². The van der Waals surface area contributed by atoms with Gasteiger partial charge in [0.2, 0.25) is 0 Å². The molecule has 1 aliphatic rings. The van der Waals surface area contributed by atoms with Gasteiger partial charge in [0.1, 0.15) is 0 Å². The molecule has 2 N–H and O–H groups in total. The van der Waals surface area contributed by atoms with Gasteiger partial charge in [-0.25, -0.2) is 9.59 Å². The Bertz CT molecular complexity index is 749. The summed E-state index contributed by atoms with van der Waals surface area (Å²) in [5.41, 5.74) is 1.80. The average Bonchev–Trinajstić information content (AvgIpc) is 2.78. The molecule has 1 saturated heterocycles. The Balaban J connectivity index is 1.76. The minimum absolute atomic E-state index is 0.0351. The number of benzene rings is 1. The average molecular weight is 304 g/mol. The van der Waals surface area contributed by atoms with E-state index < -0.39 is 6.09 Å². The Hall–Kier alpha value is -2.28. The van der Waals surface area contributed by atoms with E-state index in [9.17, 15) is 9.59 Å². The smallest absolute Gasteiger partial charge is 0.407 e. The number of hydrogen-bond donors (Lipinski definition) is 2. The lowest BCUT2D eigenvalue weighted by Gasteiger charge is -2.31. The molecule has 0 radical (unpaired) electrons. The summed E-state index contributed by atoms with van der Waals surface area (Å²) in [6, 6.07) is 7.78. The number of imidazole rings is 1. The van der Waals surface area contributed by atoms with Crippen molar-refractivity contribution in [3.8, 4) is 0 Å². The highest BCUT2D eigenvalue weighted by molar-refractivity contribution is 5.75. The van der Waals surface area contributed by atoms with Crippen LogP contribution in [-0.2, 0) is 13.6 Å². The summed E-state index contributed by atoms with van der Waals surface area (Å²) in [5.74, 6) is 0. The summed E-state index contributed by atoms with van der Waals surface area (Å²) >= 11 is 0. The summed E-state index contributed by atoms with van der Waals surface area (Å²) in [4.78, 5) is 24.8. The van der Waals surface area contributed by atoms with E-state index in [1.165, 1.54) is 4.90 Å². The van der Waals surface area contributed by atoms with Crippen LogP contribution < -0.4 is 11.0 Å². The number of fused-ring (bicyclic) bond motifs is 1. The molecular weight excluding hydrogens is 284 g/mol. The molecule has 0 spiro atoms. The highest BCUT2D eigenvalue weighted by atomic mass is 16.4. The van der Waals surface area contributed by atoms with Crippen molar-refractivity contribution in [2.45, 2.75) is 19.0 Å². The predicted molar refractivity (Wildman–Crippen MR) is 83.2 cm³/mol. The van der Waals surface area contributed by atoms with Crippen LogP contribution in [0.2, 0.25) is 0 Å². The second kappa shape index (κ2) is 5.84. The summed E-state index contributed by atoms with van der Waals surface area (Å²) in [6.45, 7) is 2.21. The van der Waals surface area contributed by atoms with Crippen molar-refractivity contribution in [3.05, 3.63) is 34.7 Å². The lowest BCUT2D eigenvalue weighted by molar-refractivity contribution is 0.127. The monoisotopic (exact) mass is 304 g/mol. The molecule has 1 fully saturated rings. The minimum atomic E-state index is -0.881. The van der Waals surface area contributed by atoms with E-state index >= 15 is 0 Å². The molecule has 1 atom stereocenters. The molecule has 2 aromatic rings. The molecule has 22 heavy (non-hydrogen) atoms. The highest BCUT2D eigenvalue weighted by Crippen LogP contribution is 2.13. The number of aryl methyl sites for hydroxylation is 2. The molecule has 1 amide bonds. The Kier molecular flexibility index (Phi) is 3.89. The number of nitrogens with zero attached hydrogens (tertiary/aromatic N) is 3. The maximum atomic E-state index is 12.3. The van der Waals surface area contributed by atoms with Crippen LogP contribution in [0.15, 0.2) is 29.1 Å². The quantitative estimate of drug-likeness (QED) is 0.874. The van der Waals surface area contributed by atoms with Crippen molar-refractivity contribution in [3.63, 3.8) is 0 Å². The van der Waals surface area contributed by atoms with Gasteiger partial charge in [0, 0.05) is 39.3 Å². The molecule has 3 rings (SSSR count). The summed E-state index contributed by atoms with van der Waals surface area (Å²) in [5, 5.41) is 12.4. The normalized spacial score (nSPS) is 18.8. The highest BCUT2D eigenvalue weighted by Gasteiger charge is 2.23. The molecule has 7 nitrogen and oxygen atoms in total. The molecule has 1 unspecified atom stereocenters. The van der Waals surface area contributed by atoms with E-state index in [0.29, 0.717) is 26.2 Å². The molecule has 7 heteroatoms. The number of piperazine rings is 1. The minimum Gasteiger partial charge on any atom is -0.465 e. The SMILES string of the molecule is Cn1c(=O)n(CCC2CN(C(=O)O)CCN2)c2ccccc21. The molecule has 118 valence electrons. The number of nitrogens with one attached hydrogen (secondary N) is 1. The topological polar surface area (TPSA) is 79.5 Å². The van der Waals surface area contributed by atoms with Crippen LogP contribution in [0.3, 0.4) is 0 Å². The summed E-state index contributed by atoms with van der Waals surface area (Å²) in [6.07, 6.45) is -0.161. The molecule has 1 aromatic heterocycles. The van der Waals surface area contributed by atoms with E-state index in [1.54, 1.807) is 16.2 Å². The maximum Gasteiger partial charge on any atom is 0.407 e. The number of rotatable bonds is 3. The Labute approximate surface area is 127 Å². The number of aromatic nitrogens is 2. The van der Waals surface area contributed by atoms with Gasteiger partial charge in [0.25, 0.3) is 0 Å². The van der Waals surface area contributed by atoms with E-state index in [-0.39, 0.29) is 11.7 Å². The zero-order valence-electron chi connectivity index (χ0n) is 12.5. The van der Waals surface area contributed by atoms with E-state index in [2.05, 4.69) is 5.32 Å². The maximum absolute atomic E-state index is 12.3. The number of amides is 1. The van der Waals surface area contributed by atoms with Gasteiger partial charge in [0.15, 0.2) is 0 Å². The van der Waals surface area contributed by atoms with Crippen molar-refractivity contribution in [1.29, 1.82) is 0 Å². The molecule has 0 bridgehead atoms. The third kappa shape index (κ3) is 2.59. The van der Waals surface area contributed by atoms with Gasteiger partial charge in [-0.3, -0.25) is 9.13 Å². The Morgan fingerprint density at radius 1 is 1.36 bits per heavy atom. The van der Waals surface area contributed by atoms with Gasteiger partial charge in [-0.05, 0) is 18.6 Å². The first kappa shape index (κ1) is 14.6. The van der Waals surface area contributed by atoms with Crippen LogP contribution in [0, 0.1) is 0 Å². The molecule has 1 aromatic carbocycles. The molecule has 2 heterocycles. The van der Waals surface area contributed by atoms with Crippen LogP contribution in [-0.4, -0.2) is 50.9 Å². The standard InChI is InChI=1S/C15H20N4O3/c1-17-12-4-2-3-5-13(12)19(14(17)20)8-6-11-10-18(15(21)22)9-7-16-11/h2-5,11,16H,6-10H2,1H3,(H,21,22). The molecule has 0 saturated carbocycles. The van der Waals surface area contributed by atoms with Crippen molar-refractivity contribution in [2.75, 3.05) is 19.6 Å². The van der Waals surface area contributed by atoms with Crippen LogP contribution in [0.5, 0.6) is 0 Å². The van der Waals surface area contributed by atoms with Gasteiger partial charge >= 0.3 is 11.8 Å².